The van der Waals surface area contributed by atoms with Gasteiger partial charge in [0.2, 0.25) is 0 Å². The summed E-state index contributed by atoms with van der Waals surface area (Å²) in [6, 6.07) is 15.2. The number of carbonyl (C=O) groups is 1. The largest absolute Gasteiger partial charge is 0.478 e. The SMILES string of the molecule is N=C(c1cccnc1Nc1ccc(C(=O)O)cc1)C(O)c1c(Cl)cccc1C1CC1. The number of anilines is 2. The maximum absolute atomic E-state index is 11.0. The number of aromatic carboxylic acids is 1. The fourth-order valence-corrected chi connectivity index (χ4v) is 3.72. The number of carboxylic acid groups (broad SMARTS) is 1. The van der Waals surface area contributed by atoms with Crippen LogP contribution in [0.2, 0.25) is 5.02 Å². The molecule has 3 aromatic rings. The lowest BCUT2D eigenvalue weighted by molar-refractivity contribution is 0.0697. The van der Waals surface area contributed by atoms with Crippen molar-refractivity contribution in [2.75, 3.05) is 5.32 Å². The van der Waals surface area contributed by atoms with Crippen molar-refractivity contribution in [1.82, 2.24) is 4.98 Å². The lowest BCUT2D eigenvalue weighted by Gasteiger charge is -2.20. The summed E-state index contributed by atoms with van der Waals surface area (Å²) in [5.41, 5.74) is 2.79. The first kappa shape index (κ1) is 20.1. The van der Waals surface area contributed by atoms with Crippen molar-refractivity contribution < 1.29 is 15.0 Å². The highest BCUT2D eigenvalue weighted by Gasteiger charge is 2.31. The Labute approximate surface area is 178 Å². The van der Waals surface area contributed by atoms with E-state index in [1.54, 1.807) is 36.5 Å². The molecule has 1 atom stereocenters. The number of aromatic nitrogens is 1. The zero-order valence-electron chi connectivity index (χ0n) is 16.0. The second kappa shape index (κ2) is 8.26. The van der Waals surface area contributed by atoms with Gasteiger partial charge in [-0.05, 0) is 66.8 Å². The van der Waals surface area contributed by atoms with Gasteiger partial charge >= 0.3 is 5.97 Å². The molecule has 4 rings (SSSR count). The minimum absolute atomic E-state index is 0.0113. The van der Waals surface area contributed by atoms with Crippen LogP contribution in [0, 0.1) is 5.41 Å². The number of aliphatic hydroxyl groups excluding tert-OH is 1. The van der Waals surface area contributed by atoms with Crippen LogP contribution in [0.4, 0.5) is 11.5 Å². The molecule has 0 spiro atoms. The fraction of sp³-hybridized carbons (Fsp3) is 0.174. The number of hydrogen-bond donors (Lipinski definition) is 4. The third-order valence-corrected chi connectivity index (χ3v) is 5.47. The number of halogens is 1. The van der Waals surface area contributed by atoms with Crippen molar-refractivity contribution in [2.24, 2.45) is 0 Å². The van der Waals surface area contributed by atoms with Gasteiger partial charge in [0.15, 0.2) is 0 Å². The van der Waals surface area contributed by atoms with E-state index in [4.69, 9.17) is 22.1 Å². The van der Waals surface area contributed by atoms with Crippen LogP contribution in [0.5, 0.6) is 0 Å². The van der Waals surface area contributed by atoms with Crippen LogP contribution < -0.4 is 5.32 Å². The number of rotatable bonds is 7. The maximum Gasteiger partial charge on any atom is 0.335 e. The van der Waals surface area contributed by atoms with E-state index in [-0.39, 0.29) is 11.3 Å². The lowest BCUT2D eigenvalue weighted by Crippen LogP contribution is -2.16. The molecule has 1 unspecified atom stereocenters. The number of aliphatic hydroxyl groups is 1. The van der Waals surface area contributed by atoms with Gasteiger partial charge in [0, 0.05) is 28.0 Å². The van der Waals surface area contributed by atoms with Gasteiger partial charge < -0.3 is 20.9 Å². The minimum atomic E-state index is -1.19. The molecular formula is C23H20ClN3O3. The van der Waals surface area contributed by atoms with Gasteiger partial charge in [0.05, 0.1) is 11.3 Å². The number of nitrogens with one attached hydrogen (secondary N) is 2. The van der Waals surface area contributed by atoms with Crippen molar-refractivity contribution in [3.8, 4) is 0 Å². The molecule has 1 aliphatic rings. The molecule has 30 heavy (non-hydrogen) atoms. The molecule has 1 aliphatic carbocycles. The van der Waals surface area contributed by atoms with Gasteiger partial charge in [-0.2, -0.15) is 0 Å². The Morgan fingerprint density at radius 1 is 1.13 bits per heavy atom. The van der Waals surface area contributed by atoms with E-state index in [1.807, 2.05) is 12.1 Å². The van der Waals surface area contributed by atoms with Crippen LogP contribution in [-0.2, 0) is 0 Å². The molecule has 0 bridgehead atoms. The molecule has 1 aromatic heterocycles. The molecule has 0 radical (unpaired) electrons. The number of pyridine rings is 1. The Balaban J connectivity index is 1.64. The molecule has 4 N–H and O–H groups in total. The van der Waals surface area contributed by atoms with Gasteiger partial charge in [-0.1, -0.05) is 23.7 Å². The molecule has 0 aliphatic heterocycles. The van der Waals surface area contributed by atoms with E-state index < -0.39 is 12.1 Å². The van der Waals surface area contributed by atoms with E-state index in [2.05, 4.69) is 10.3 Å². The fourth-order valence-electron chi connectivity index (χ4n) is 3.44. The van der Waals surface area contributed by atoms with Crippen LogP contribution in [0.1, 0.15) is 51.9 Å². The van der Waals surface area contributed by atoms with Gasteiger partial charge in [-0.15, -0.1) is 0 Å². The highest BCUT2D eigenvalue weighted by atomic mass is 35.5. The molecule has 1 saturated carbocycles. The van der Waals surface area contributed by atoms with Crippen LogP contribution in [0.25, 0.3) is 0 Å². The monoisotopic (exact) mass is 421 g/mol. The van der Waals surface area contributed by atoms with Crippen molar-refractivity contribution in [1.29, 1.82) is 5.41 Å². The molecule has 152 valence electrons. The van der Waals surface area contributed by atoms with Crippen LogP contribution in [0.15, 0.2) is 60.8 Å². The van der Waals surface area contributed by atoms with E-state index >= 15 is 0 Å². The topological polar surface area (TPSA) is 106 Å². The molecule has 0 amide bonds. The van der Waals surface area contributed by atoms with Gasteiger partial charge in [0.1, 0.15) is 11.9 Å². The average molecular weight is 422 g/mol. The second-order valence-corrected chi connectivity index (χ2v) is 7.65. The van der Waals surface area contributed by atoms with Crippen molar-refractivity contribution in [3.63, 3.8) is 0 Å². The van der Waals surface area contributed by atoms with E-state index in [9.17, 15) is 9.90 Å². The molecular weight excluding hydrogens is 402 g/mol. The number of benzene rings is 2. The molecule has 2 aromatic carbocycles. The Hall–Kier alpha value is -3.22. The second-order valence-electron chi connectivity index (χ2n) is 7.24. The summed E-state index contributed by atoms with van der Waals surface area (Å²) in [5.74, 6) is -0.235. The summed E-state index contributed by atoms with van der Waals surface area (Å²) in [7, 11) is 0. The molecule has 1 heterocycles. The summed E-state index contributed by atoms with van der Waals surface area (Å²) in [6.07, 6.45) is 2.51. The van der Waals surface area contributed by atoms with Crippen molar-refractivity contribution >= 4 is 34.8 Å². The number of hydrogen-bond acceptors (Lipinski definition) is 5. The van der Waals surface area contributed by atoms with Crippen LogP contribution in [0.3, 0.4) is 0 Å². The first-order chi connectivity index (χ1) is 14.5. The number of nitrogens with zero attached hydrogens (tertiary/aromatic N) is 1. The van der Waals surface area contributed by atoms with Crippen molar-refractivity contribution in [2.45, 2.75) is 24.9 Å². The minimum Gasteiger partial charge on any atom is -0.478 e. The Kier molecular flexibility index (Phi) is 5.53. The Morgan fingerprint density at radius 2 is 1.87 bits per heavy atom. The Morgan fingerprint density at radius 3 is 2.53 bits per heavy atom. The summed E-state index contributed by atoms with van der Waals surface area (Å²) >= 11 is 6.40. The van der Waals surface area contributed by atoms with E-state index in [1.165, 1.54) is 12.1 Å². The molecule has 7 heteroatoms. The lowest BCUT2D eigenvalue weighted by atomic mass is 9.93. The van der Waals surface area contributed by atoms with Gasteiger partial charge in [-0.3, -0.25) is 0 Å². The standard InChI is InChI=1S/C23H20ClN3O3/c24-18-5-1-3-16(13-6-7-13)19(18)21(28)20(25)17-4-2-12-26-22(17)27-15-10-8-14(9-11-15)23(29)30/h1-5,8-13,21,25,28H,6-7H2,(H,26,27)(H,29,30). The highest BCUT2D eigenvalue weighted by molar-refractivity contribution is 6.32. The summed E-state index contributed by atoms with van der Waals surface area (Å²) in [4.78, 5) is 15.3. The smallest absolute Gasteiger partial charge is 0.335 e. The quantitative estimate of drug-likeness (QED) is 0.394. The van der Waals surface area contributed by atoms with Gasteiger partial charge in [-0.25, -0.2) is 9.78 Å². The summed E-state index contributed by atoms with van der Waals surface area (Å²) in [6.45, 7) is 0. The predicted molar refractivity (Wildman–Crippen MR) is 116 cm³/mol. The summed E-state index contributed by atoms with van der Waals surface area (Å²) in [5, 5.41) is 32.3. The molecule has 1 fully saturated rings. The first-order valence-electron chi connectivity index (χ1n) is 9.56. The van der Waals surface area contributed by atoms with Crippen molar-refractivity contribution in [3.05, 3.63) is 88.1 Å². The van der Waals surface area contributed by atoms with Crippen LogP contribution >= 0.6 is 11.6 Å². The zero-order valence-corrected chi connectivity index (χ0v) is 16.7. The Bertz CT molecular complexity index is 1110. The summed E-state index contributed by atoms with van der Waals surface area (Å²) < 4.78 is 0. The maximum atomic E-state index is 11.0. The average Bonchev–Trinajstić information content (AvgIpc) is 3.59. The van der Waals surface area contributed by atoms with Crippen LogP contribution in [-0.4, -0.2) is 26.9 Å². The normalized spacial score (nSPS) is 14.2. The predicted octanol–water partition coefficient (Wildman–Crippen LogP) is 5.16. The first-order valence-corrected chi connectivity index (χ1v) is 9.94. The highest BCUT2D eigenvalue weighted by Crippen LogP contribution is 2.45. The zero-order chi connectivity index (χ0) is 21.3. The molecule has 0 saturated heterocycles. The van der Waals surface area contributed by atoms with Gasteiger partial charge in [0.25, 0.3) is 0 Å². The molecule has 6 nitrogen and oxygen atoms in total. The van der Waals surface area contributed by atoms with E-state index in [0.717, 1.165) is 18.4 Å². The third kappa shape index (κ3) is 4.06. The third-order valence-electron chi connectivity index (χ3n) is 5.14. The van der Waals surface area contributed by atoms with E-state index in [0.29, 0.717) is 33.6 Å². The number of carboxylic acids is 1.